The predicted octanol–water partition coefficient (Wildman–Crippen LogP) is 0.931. The van der Waals surface area contributed by atoms with Gasteiger partial charge in [0.05, 0.1) is 7.11 Å². The Bertz CT molecular complexity index is 484. The molecule has 0 saturated heterocycles. The van der Waals surface area contributed by atoms with E-state index in [-0.39, 0.29) is 6.61 Å². The lowest BCUT2D eigenvalue weighted by Gasteiger charge is -2.25. The Morgan fingerprint density at radius 3 is 2.68 bits per heavy atom. The van der Waals surface area contributed by atoms with Crippen molar-refractivity contribution in [1.82, 2.24) is 0 Å². The molecule has 6 heteroatoms. The van der Waals surface area contributed by atoms with Crippen LogP contribution in [0.4, 0.5) is 0 Å². The summed E-state index contributed by atoms with van der Waals surface area (Å²) in [6.07, 6.45) is -1.86. The van der Waals surface area contributed by atoms with Gasteiger partial charge >= 0.3 is 11.9 Å². The number of carbonyl (C=O) groups excluding carboxylic acids is 2. The molecule has 2 atom stereocenters. The van der Waals surface area contributed by atoms with Crippen LogP contribution in [-0.2, 0) is 19.1 Å². The number of para-hydroxylation sites is 2. The van der Waals surface area contributed by atoms with E-state index in [0.717, 1.165) is 0 Å². The molecule has 0 fully saturated rings. The standard InChI is InChI=1S/C13H14O6/c1-8(12(14)16-2)18-13(15)11-7-17-9-5-3-4-6-10(9)19-11/h3-6,8,11H,7H2,1-2H3/t8-,11-/m0/s1. The first-order valence-electron chi connectivity index (χ1n) is 5.78. The van der Waals surface area contributed by atoms with Gasteiger partial charge in [0.25, 0.3) is 0 Å². The molecule has 0 unspecified atom stereocenters. The number of hydrogen-bond acceptors (Lipinski definition) is 6. The molecule has 0 aliphatic carbocycles. The fourth-order valence-corrected chi connectivity index (χ4v) is 1.60. The van der Waals surface area contributed by atoms with Gasteiger partial charge in [0.15, 0.2) is 17.6 Å². The zero-order valence-corrected chi connectivity index (χ0v) is 10.6. The molecule has 1 aromatic carbocycles. The number of benzene rings is 1. The van der Waals surface area contributed by atoms with Crippen molar-refractivity contribution >= 4 is 11.9 Å². The lowest BCUT2D eigenvalue weighted by Crippen LogP contribution is -2.40. The number of carbonyl (C=O) groups is 2. The fourth-order valence-electron chi connectivity index (χ4n) is 1.60. The van der Waals surface area contributed by atoms with E-state index in [1.165, 1.54) is 14.0 Å². The van der Waals surface area contributed by atoms with Gasteiger partial charge in [-0.3, -0.25) is 0 Å². The average molecular weight is 266 g/mol. The number of esters is 2. The highest BCUT2D eigenvalue weighted by Gasteiger charge is 2.31. The maximum Gasteiger partial charge on any atom is 0.351 e. The van der Waals surface area contributed by atoms with Crippen LogP contribution in [0.25, 0.3) is 0 Å². The third-order valence-corrected chi connectivity index (χ3v) is 2.60. The Morgan fingerprint density at radius 2 is 2.00 bits per heavy atom. The number of fused-ring (bicyclic) bond motifs is 1. The zero-order chi connectivity index (χ0) is 13.8. The highest BCUT2D eigenvalue weighted by molar-refractivity contribution is 5.81. The number of methoxy groups -OCH3 is 1. The van der Waals surface area contributed by atoms with Crippen molar-refractivity contribution in [1.29, 1.82) is 0 Å². The minimum absolute atomic E-state index is 0.0454. The van der Waals surface area contributed by atoms with Gasteiger partial charge in [-0.15, -0.1) is 0 Å². The van der Waals surface area contributed by atoms with Crippen molar-refractivity contribution in [3.05, 3.63) is 24.3 Å². The third kappa shape index (κ3) is 2.96. The fraction of sp³-hybridized carbons (Fsp3) is 0.385. The van der Waals surface area contributed by atoms with Crippen LogP contribution in [0, 0.1) is 0 Å². The first-order valence-corrected chi connectivity index (χ1v) is 5.78. The highest BCUT2D eigenvalue weighted by atomic mass is 16.6. The quantitative estimate of drug-likeness (QED) is 0.758. The van der Waals surface area contributed by atoms with Gasteiger partial charge in [-0.25, -0.2) is 9.59 Å². The minimum Gasteiger partial charge on any atom is -0.485 e. The topological polar surface area (TPSA) is 71.1 Å². The molecule has 1 aliphatic heterocycles. The van der Waals surface area contributed by atoms with Crippen LogP contribution in [0.3, 0.4) is 0 Å². The molecule has 0 saturated carbocycles. The summed E-state index contributed by atoms with van der Waals surface area (Å²) in [5.74, 6) is -0.230. The van der Waals surface area contributed by atoms with Crippen LogP contribution in [0.15, 0.2) is 24.3 Å². The number of hydrogen-bond donors (Lipinski definition) is 0. The van der Waals surface area contributed by atoms with Crippen LogP contribution in [0.5, 0.6) is 11.5 Å². The van der Waals surface area contributed by atoms with Crippen molar-refractivity contribution in [2.75, 3.05) is 13.7 Å². The third-order valence-electron chi connectivity index (χ3n) is 2.60. The first kappa shape index (κ1) is 13.2. The van der Waals surface area contributed by atoms with Gasteiger partial charge in [-0.1, -0.05) is 12.1 Å². The van der Waals surface area contributed by atoms with E-state index in [9.17, 15) is 9.59 Å². The van der Waals surface area contributed by atoms with Crippen molar-refractivity contribution in [2.45, 2.75) is 19.1 Å². The van der Waals surface area contributed by atoms with Gasteiger partial charge < -0.3 is 18.9 Å². The smallest absolute Gasteiger partial charge is 0.351 e. The van der Waals surface area contributed by atoms with Crippen LogP contribution in [0.2, 0.25) is 0 Å². The number of ether oxygens (including phenoxy) is 4. The van der Waals surface area contributed by atoms with Crippen LogP contribution < -0.4 is 9.47 Å². The normalized spacial score (nSPS) is 18.3. The largest absolute Gasteiger partial charge is 0.485 e. The monoisotopic (exact) mass is 266 g/mol. The predicted molar refractivity (Wildman–Crippen MR) is 63.9 cm³/mol. The van der Waals surface area contributed by atoms with E-state index in [0.29, 0.717) is 11.5 Å². The maximum atomic E-state index is 11.8. The molecule has 0 aromatic heterocycles. The molecule has 1 aromatic rings. The second kappa shape index (κ2) is 5.60. The summed E-state index contributed by atoms with van der Waals surface area (Å²) in [5, 5.41) is 0. The Balaban J connectivity index is 1.97. The summed E-state index contributed by atoms with van der Waals surface area (Å²) in [7, 11) is 1.23. The molecule has 1 aliphatic rings. The van der Waals surface area contributed by atoms with E-state index in [2.05, 4.69) is 4.74 Å². The molecule has 2 rings (SSSR count). The van der Waals surface area contributed by atoms with Gasteiger partial charge in [0, 0.05) is 0 Å². The van der Waals surface area contributed by atoms with Crippen LogP contribution >= 0.6 is 0 Å². The van der Waals surface area contributed by atoms with Gasteiger partial charge in [-0.05, 0) is 19.1 Å². The van der Waals surface area contributed by atoms with Crippen molar-refractivity contribution in [2.24, 2.45) is 0 Å². The van der Waals surface area contributed by atoms with E-state index < -0.39 is 24.1 Å². The molecular weight excluding hydrogens is 252 g/mol. The average Bonchev–Trinajstić information content (AvgIpc) is 2.45. The minimum atomic E-state index is -0.974. The highest BCUT2D eigenvalue weighted by Crippen LogP contribution is 2.31. The molecule has 0 bridgehead atoms. The molecule has 0 amide bonds. The molecule has 19 heavy (non-hydrogen) atoms. The van der Waals surface area contributed by atoms with Gasteiger partial charge in [-0.2, -0.15) is 0 Å². The Labute approximate surface area is 110 Å². The maximum absolute atomic E-state index is 11.8. The van der Waals surface area contributed by atoms with Crippen molar-refractivity contribution < 1.29 is 28.5 Å². The van der Waals surface area contributed by atoms with Crippen molar-refractivity contribution in [3.63, 3.8) is 0 Å². The summed E-state index contributed by atoms with van der Waals surface area (Å²) in [4.78, 5) is 23.0. The Hall–Kier alpha value is -2.24. The van der Waals surface area contributed by atoms with Crippen LogP contribution in [0.1, 0.15) is 6.92 Å². The van der Waals surface area contributed by atoms with Gasteiger partial charge in [0.1, 0.15) is 6.61 Å². The lowest BCUT2D eigenvalue weighted by molar-refractivity contribution is -0.171. The molecule has 1 heterocycles. The van der Waals surface area contributed by atoms with Gasteiger partial charge in [0.2, 0.25) is 6.10 Å². The summed E-state index contributed by atoms with van der Waals surface area (Å²) in [5.41, 5.74) is 0. The Kier molecular flexibility index (Phi) is 3.89. The number of rotatable bonds is 3. The molecular formula is C13H14O6. The molecule has 0 spiro atoms. The van der Waals surface area contributed by atoms with E-state index in [1.807, 2.05) is 0 Å². The van der Waals surface area contributed by atoms with E-state index >= 15 is 0 Å². The molecule has 6 nitrogen and oxygen atoms in total. The van der Waals surface area contributed by atoms with E-state index in [4.69, 9.17) is 14.2 Å². The summed E-state index contributed by atoms with van der Waals surface area (Å²) in [6, 6.07) is 7.01. The van der Waals surface area contributed by atoms with Crippen molar-refractivity contribution in [3.8, 4) is 11.5 Å². The molecule has 102 valence electrons. The SMILES string of the molecule is COC(=O)[C@H](C)OC(=O)[C@@H]1COc2ccccc2O1. The second-order valence-electron chi connectivity index (χ2n) is 3.97. The summed E-state index contributed by atoms with van der Waals surface area (Å²) < 4.78 is 20.2. The first-order chi connectivity index (χ1) is 9.11. The van der Waals surface area contributed by atoms with Crippen LogP contribution in [-0.4, -0.2) is 37.9 Å². The molecule has 0 radical (unpaired) electrons. The second-order valence-corrected chi connectivity index (χ2v) is 3.97. The lowest BCUT2D eigenvalue weighted by atomic mass is 10.2. The van der Waals surface area contributed by atoms with E-state index in [1.54, 1.807) is 24.3 Å². The summed E-state index contributed by atoms with van der Waals surface area (Å²) in [6.45, 7) is 1.48. The Morgan fingerprint density at radius 1 is 1.32 bits per heavy atom. The molecule has 0 N–H and O–H groups in total. The zero-order valence-electron chi connectivity index (χ0n) is 10.6. The summed E-state index contributed by atoms with van der Waals surface area (Å²) >= 11 is 0.